The SMILES string of the molecule is O=C(c1ccc(COc2cccc3ccccc23)o1)N1CCN(Cc2ccc3c(c2)OCO3)CC1. The Labute approximate surface area is 203 Å². The number of fused-ring (bicyclic) bond motifs is 2. The number of furan rings is 1. The van der Waals surface area contributed by atoms with Crippen LogP contribution in [0.25, 0.3) is 10.8 Å². The minimum Gasteiger partial charge on any atom is -0.485 e. The zero-order valence-corrected chi connectivity index (χ0v) is 19.3. The Balaban J connectivity index is 1.03. The summed E-state index contributed by atoms with van der Waals surface area (Å²) in [5.41, 5.74) is 1.18. The first kappa shape index (κ1) is 21.6. The largest absolute Gasteiger partial charge is 0.485 e. The maximum absolute atomic E-state index is 13.0. The molecule has 1 fully saturated rings. The number of rotatable bonds is 6. The molecule has 6 rings (SSSR count). The van der Waals surface area contributed by atoms with Crippen molar-refractivity contribution in [2.45, 2.75) is 13.2 Å². The van der Waals surface area contributed by atoms with Gasteiger partial charge in [-0.1, -0.05) is 42.5 Å². The zero-order valence-electron chi connectivity index (χ0n) is 19.3. The van der Waals surface area contributed by atoms with Gasteiger partial charge in [0.05, 0.1) is 0 Å². The van der Waals surface area contributed by atoms with Crippen LogP contribution in [0.3, 0.4) is 0 Å². The molecule has 7 heteroatoms. The Morgan fingerprint density at radius 2 is 1.69 bits per heavy atom. The average molecular weight is 471 g/mol. The number of amides is 1. The first-order valence-electron chi connectivity index (χ1n) is 11.8. The molecule has 3 aromatic carbocycles. The molecule has 178 valence electrons. The Bertz CT molecular complexity index is 1350. The molecule has 0 unspecified atom stereocenters. The normalized spacial score (nSPS) is 15.5. The average Bonchev–Trinajstić information content (AvgIpc) is 3.57. The van der Waals surface area contributed by atoms with Gasteiger partial charge in [0.15, 0.2) is 17.3 Å². The van der Waals surface area contributed by atoms with Gasteiger partial charge in [-0.3, -0.25) is 9.69 Å². The third-order valence-electron chi connectivity index (χ3n) is 6.49. The summed E-state index contributed by atoms with van der Waals surface area (Å²) in [5, 5.41) is 2.18. The van der Waals surface area contributed by atoms with E-state index in [0.717, 1.165) is 47.7 Å². The van der Waals surface area contributed by atoms with Crippen LogP contribution in [0.4, 0.5) is 0 Å². The number of nitrogens with zero attached hydrogens (tertiary/aromatic N) is 2. The van der Waals surface area contributed by atoms with Crippen LogP contribution in [-0.2, 0) is 13.2 Å². The van der Waals surface area contributed by atoms with E-state index in [1.54, 1.807) is 6.07 Å². The van der Waals surface area contributed by atoms with Gasteiger partial charge in [-0.2, -0.15) is 0 Å². The summed E-state index contributed by atoms with van der Waals surface area (Å²) in [5.74, 6) is 3.29. The highest BCUT2D eigenvalue weighted by atomic mass is 16.7. The molecule has 2 aliphatic heterocycles. The summed E-state index contributed by atoms with van der Waals surface area (Å²) in [4.78, 5) is 17.2. The Morgan fingerprint density at radius 3 is 2.60 bits per heavy atom. The van der Waals surface area contributed by atoms with Crippen molar-refractivity contribution in [1.82, 2.24) is 9.80 Å². The smallest absolute Gasteiger partial charge is 0.289 e. The highest BCUT2D eigenvalue weighted by Crippen LogP contribution is 2.33. The number of ether oxygens (including phenoxy) is 3. The second-order valence-electron chi connectivity index (χ2n) is 8.79. The zero-order chi connectivity index (χ0) is 23.6. The van der Waals surface area contributed by atoms with Crippen molar-refractivity contribution in [3.8, 4) is 17.2 Å². The first-order valence-corrected chi connectivity index (χ1v) is 11.8. The Hall–Kier alpha value is -3.97. The second-order valence-corrected chi connectivity index (χ2v) is 8.79. The van der Waals surface area contributed by atoms with Crippen molar-refractivity contribution in [3.63, 3.8) is 0 Å². The molecule has 2 aliphatic rings. The van der Waals surface area contributed by atoms with Gasteiger partial charge in [-0.25, -0.2) is 0 Å². The van der Waals surface area contributed by atoms with Crippen molar-refractivity contribution in [2.75, 3.05) is 33.0 Å². The van der Waals surface area contributed by atoms with Crippen molar-refractivity contribution in [3.05, 3.63) is 89.9 Å². The van der Waals surface area contributed by atoms with E-state index in [2.05, 4.69) is 23.1 Å². The quantitative estimate of drug-likeness (QED) is 0.407. The molecular weight excluding hydrogens is 444 g/mol. The van der Waals surface area contributed by atoms with Crippen LogP contribution in [0.15, 0.2) is 77.2 Å². The lowest BCUT2D eigenvalue weighted by molar-refractivity contribution is 0.0594. The maximum Gasteiger partial charge on any atom is 0.289 e. The van der Waals surface area contributed by atoms with Gasteiger partial charge >= 0.3 is 0 Å². The lowest BCUT2D eigenvalue weighted by atomic mass is 10.1. The van der Waals surface area contributed by atoms with Crippen molar-refractivity contribution in [1.29, 1.82) is 0 Å². The lowest BCUT2D eigenvalue weighted by Crippen LogP contribution is -2.48. The van der Waals surface area contributed by atoms with Gasteiger partial charge in [0, 0.05) is 38.1 Å². The van der Waals surface area contributed by atoms with E-state index in [-0.39, 0.29) is 19.3 Å². The van der Waals surface area contributed by atoms with Crippen molar-refractivity contribution >= 4 is 16.7 Å². The third kappa shape index (κ3) is 4.55. The van der Waals surface area contributed by atoms with Gasteiger partial charge in [0.25, 0.3) is 5.91 Å². The van der Waals surface area contributed by atoms with Crippen molar-refractivity contribution < 1.29 is 23.4 Å². The van der Waals surface area contributed by atoms with Crippen LogP contribution in [0.2, 0.25) is 0 Å². The number of benzene rings is 3. The molecule has 1 saturated heterocycles. The molecule has 0 atom stereocenters. The third-order valence-corrected chi connectivity index (χ3v) is 6.49. The van der Waals surface area contributed by atoms with Crippen LogP contribution < -0.4 is 14.2 Å². The maximum atomic E-state index is 13.0. The molecule has 1 aromatic heterocycles. The summed E-state index contributed by atoms with van der Waals surface area (Å²) in [6.45, 7) is 4.29. The monoisotopic (exact) mass is 470 g/mol. The summed E-state index contributed by atoms with van der Waals surface area (Å²) >= 11 is 0. The van der Waals surface area contributed by atoms with Gasteiger partial charge in [-0.05, 0) is 41.3 Å². The fourth-order valence-corrected chi connectivity index (χ4v) is 4.60. The fraction of sp³-hybridized carbons (Fsp3) is 0.250. The standard InChI is InChI=1S/C28H26N2O5/c31-28(30-14-12-29(13-15-30)17-20-8-10-25-27(16-20)34-19-33-25)26-11-9-22(35-26)18-32-24-7-3-5-21-4-1-2-6-23(21)24/h1-11,16H,12-15,17-19H2. The number of carbonyl (C=O) groups excluding carboxylic acids is 1. The van der Waals surface area contributed by atoms with Crippen LogP contribution in [0.1, 0.15) is 21.9 Å². The Kier molecular flexibility index (Phi) is 5.76. The molecule has 0 saturated carbocycles. The van der Waals surface area contributed by atoms with E-state index >= 15 is 0 Å². The number of carbonyl (C=O) groups is 1. The molecule has 0 radical (unpaired) electrons. The van der Waals surface area contributed by atoms with E-state index < -0.39 is 0 Å². The van der Waals surface area contributed by atoms with E-state index in [9.17, 15) is 4.79 Å². The van der Waals surface area contributed by atoms with E-state index in [4.69, 9.17) is 18.6 Å². The van der Waals surface area contributed by atoms with Crippen LogP contribution in [-0.4, -0.2) is 48.7 Å². The topological polar surface area (TPSA) is 64.4 Å². The van der Waals surface area contributed by atoms with E-state index in [1.165, 1.54) is 5.56 Å². The number of hydrogen-bond acceptors (Lipinski definition) is 6. The molecule has 1 amide bonds. The molecule has 35 heavy (non-hydrogen) atoms. The summed E-state index contributed by atoms with van der Waals surface area (Å²) in [6.07, 6.45) is 0. The van der Waals surface area contributed by atoms with Crippen molar-refractivity contribution in [2.24, 2.45) is 0 Å². The lowest BCUT2D eigenvalue weighted by Gasteiger charge is -2.34. The van der Waals surface area contributed by atoms with Gasteiger partial charge in [0.2, 0.25) is 6.79 Å². The van der Waals surface area contributed by atoms with E-state index in [1.807, 2.05) is 53.4 Å². The minimum atomic E-state index is -0.0795. The predicted molar refractivity (Wildman–Crippen MR) is 131 cm³/mol. The summed E-state index contributed by atoms with van der Waals surface area (Å²) in [6, 6.07) is 23.7. The van der Waals surface area contributed by atoms with Gasteiger partial charge in [-0.15, -0.1) is 0 Å². The summed E-state index contributed by atoms with van der Waals surface area (Å²) < 4.78 is 22.7. The molecule has 3 heterocycles. The minimum absolute atomic E-state index is 0.0795. The summed E-state index contributed by atoms with van der Waals surface area (Å²) in [7, 11) is 0. The second kappa shape index (κ2) is 9.35. The molecule has 4 aromatic rings. The first-order chi connectivity index (χ1) is 17.2. The number of piperazine rings is 1. The van der Waals surface area contributed by atoms with Gasteiger partial charge < -0.3 is 23.5 Å². The van der Waals surface area contributed by atoms with Gasteiger partial charge in [0.1, 0.15) is 18.1 Å². The number of hydrogen-bond donors (Lipinski definition) is 0. The highest BCUT2D eigenvalue weighted by Gasteiger charge is 2.25. The molecule has 0 bridgehead atoms. The molecule has 0 N–H and O–H groups in total. The Morgan fingerprint density at radius 1 is 0.857 bits per heavy atom. The highest BCUT2D eigenvalue weighted by molar-refractivity contribution is 5.91. The molecule has 0 spiro atoms. The van der Waals surface area contributed by atoms with E-state index in [0.29, 0.717) is 24.6 Å². The van der Waals surface area contributed by atoms with Crippen LogP contribution in [0, 0.1) is 0 Å². The van der Waals surface area contributed by atoms with Crippen LogP contribution >= 0.6 is 0 Å². The fourth-order valence-electron chi connectivity index (χ4n) is 4.60. The molecule has 0 aliphatic carbocycles. The van der Waals surface area contributed by atoms with Crippen LogP contribution in [0.5, 0.6) is 17.2 Å². The predicted octanol–water partition coefficient (Wildman–Crippen LogP) is 4.70. The molecular formula is C28H26N2O5. The molecule has 7 nitrogen and oxygen atoms in total.